The van der Waals surface area contributed by atoms with Gasteiger partial charge in [-0.15, -0.1) is 0 Å². The van der Waals surface area contributed by atoms with Gasteiger partial charge in [0, 0.05) is 17.6 Å². The number of rotatable bonds is 9. The molecule has 1 fully saturated rings. The molecule has 5 nitrogen and oxygen atoms in total. The second-order valence-electron chi connectivity index (χ2n) is 10.1. The highest BCUT2D eigenvalue weighted by molar-refractivity contribution is 6.30. The zero-order chi connectivity index (χ0) is 24.7. The number of nitrogens with zero attached hydrogens (tertiary/aromatic N) is 1. The molecule has 1 N–H and O–H groups in total. The highest BCUT2D eigenvalue weighted by atomic mass is 35.5. The van der Waals surface area contributed by atoms with Gasteiger partial charge in [0.25, 0.3) is 5.91 Å². The quantitative estimate of drug-likeness (QED) is 0.483. The Kier molecular flexibility index (Phi) is 9.01. The van der Waals surface area contributed by atoms with Gasteiger partial charge in [0.05, 0.1) is 0 Å². The SMILES string of the molecule is CC[C@H](C(=O)NC1CCCC1)N(Cc1ccc(Cl)cc1)C(=O)COc1ccc(C(C)(C)C)cc1. The van der Waals surface area contributed by atoms with E-state index in [1.54, 1.807) is 17.0 Å². The van der Waals surface area contributed by atoms with Crippen LogP contribution in [0.25, 0.3) is 0 Å². The molecule has 0 heterocycles. The first-order valence-corrected chi connectivity index (χ1v) is 12.6. The zero-order valence-corrected chi connectivity index (χ0v) is 21.5. The average molecular weight is 485 g/mol. The molecule has 0 unspecified atom stereocenters. The second-order valence-corrected chi connectivity index (χ2v) is 10.6. The normalized spacial score (nSPS) is 15.1. The van der Waals surface area contributed by atoms with Crippen molar-refractivity contribution in [2.75, 3.05) is 6.61 Å². The topological polar surface area (TPSA) is 58.6 Å². The molecule has 1 atom stereocenters. The van der Waals surface area contributed by atoms with Crippen LogP contribution in [0.4, 0.5) is 0 Å². The van der Waals surface area contributed by atoms with Gasteiger partial charge < -0.3 is 15.0 Å². The molecule has 1 aliphatic carbocycles. The summed E-state index contributed by atoms with van der Waals surface area (Å²) in [5, 5.41) is 3.79. The molecule has 0 radical (unpaired) electrons. The summed E-state index contributed by atoms with van der Waals surface area (Å²) in [6, 6.07) is 14.8. The van der Waals surface area contributed by atoms with Gasteiger partial charge in [-0.1, -0.05) is 76.4 Å². The molecule has 34 heavy (non-hydrogen) atoms. The molecule has 0 bridgehead atoms. The lowest BCUT2D eigenvalue weighted by atomic mass is 9.87. The minimum atomic E-state index is -0.560. The predicted molar refractivity (Wildman–Crippen MR) is 137 cm³/mol. The van der Waals surface area contributed by atoms with Crippen molar-refractivity contribution in [1.29, 1.82) is 0 Å². The summed E-state index contributed by atoms with van der Waals surface area (Å²) < 4.78 is 5.84. The molecule has 0 aromatic heterocycles. The van der Waals surface area contributed by atoms with Gasteiger partial charge >= 0.3 is 0 Å². The number of amides is 2. The van der Waals surface area contributed by atoms with Crippen molar-refractivity contribution in [2.24, 2.45) is 0 Å². The van der Waals surface area contributed by atoms with Crippen LogP contribution in [0.5, 0.6) is 5.75 Å². The van der Waals surface area contributed by atoms with Gasteiger partial charge in [-0.25, -0.2) is 0 Å². The van der Waals surface area contributed by atoms with E-state index in [2.05, 4.69) is 26.1 Å². The Morgan fingerprint density at radius 1 is 1.06 bits per heavy atom. The molecule has 0 saturated heterocycles. The summed E-state index contributed by atoms with van der Waals surface area (Å²) in [7, 11) is 0. The van der Waals surface area contributed by atoms with E-state index in [1.807, 2.05) is 43.3 Å². The number of hydrogen-bond acceptors (Lipinski definition) is 3. The third-order valence-corrected chi connectivity index (χ3v) is 6.69. The smallest absolute Gasteiger partial charge is 0.261 e. The molecule has 3 rings (SSSR count). The van der Waals surface area contributed by atoms with E-state index in [0.29, 0.717) is 23.7 Å². The molecular weight excluding hydrogens is 448 g/mol. The Labute approximate surface area is 208 Å². The van der Waals surface area contributed by atoms with Crippen molar-refractivity contribution >= 4 is 23.4 Å². The summed E-state index contributed by atoms with van der Waals surface area (Å²) in [5.41, 5.74) is 2.16. The van der Waals surface area contributed by atoms with E-state index in [9.17, 15) is 9.59 Å². The third-order valence-electron chi connectivity index (χ3n) is 6.44. The zero-order valence-electron chi connectivity index (χ0n) is 20.8. The lowest BCUT2D eigenvalue weighted by Gasteiger charge is -2.31. The van der Waals surface area contributed by atoms with Crippen LogP contribution in [0.2, 0.25) is 5.02 Å². The van der Waals surface area contributed by atoms with Crippen LogP contribution < -0.4 is 10.1 Å². The van der Waals surface area contributed by atoms with Gasteiger partial charge in [0.2, 0.25) is 5.91 Å². The standard InChI is InChI=1S/C28H37ClN2O3/c1-5-25(27(33)30-23-8-6-7-9-23)31(18-20-10-14-22(29)15-11-20)26(32)19-34-24-16-12-21(13-17-24)28(2,3)4/h10-17,23,25H,5-9,18-19H2,1-4H3,(H,30,33)/t25-/m1/s1. The fourth-order valence-corrected chi connectivity index (χ4v) is 4.48. The van der Waals surface area contributed by atoms with E-state index in [4.69, 9.17) is 16.3 Å². The first kappa shape index (κ1) is 26.1. The molecule has 6 heteroatoms. The molecule has 2 amide bonds. The van der Waals surface area contributed by atoms with E-state index in [1.165, 1.54) is 5.56 Å². The highest BCUT2D eigenvalue weighted by Crippen LogP contribution is 2.25. The molecule has 184 valence electrons. The lowest BCUT2D eigenvalue weighted by molar-refractivity contribution is -0.143. The Morgan fingerprint density at radius 2 is 1.68 bits per heavy atom. The van der Waals surface area contributed by atoms with Gasteiger partial charge in [0.15, 0.2) is 6.61 Å². The first-order chi connectivity index (χ1) is 16.2. The van der Waals surface area contributed by atoms with Crippen molar-refractivity contribution in [3.63, 3.8) is 0 Å². The number of hydrogen-bond donors (Lipinski definition) is 1. The van der Waals surface area contributed by atoms with Gasteiger partial charge in [-0.05, 0) is 60.1 Å². The maximum absolute atomic E-state index is 13.4. The van der Waals surface area contributed by atoms with Crippen LogP contribution in [0.15, 0.2) is 48.5 Å². The van der Waals surface area contributed by atoms with Crippen LogP contribution in [-0.2, 0) is 21.5 Å². The summed E-state index contributed by atoms with van der Waals surface area (Å²) >= 11 is 6.04. The Hall–Kier alpha value is -2.53. The van der Waals surface area contributed by atoms with Crippen molar-refractivity contribution in [1.82, 2.24) is 10.2 Å². The second kappa shape index (κ2) is 11.7. The number of carbonyl (C=O) groups excluding carboxylic acids is 2. The highest BCUT2D eigenvalue weighted by Gasteiger charge is 2.31. The Bertz CT molecular complexity index is 945. The average Bonchev–Trinajstić information content (AvgIpc) is 3.31. The molecule has 2 aromatic carbocycles. The van der Waals surface area contributed by atoms with Crippen LogP contribution in [0.1, 0.15) is 70.9 Å². The summed E-state index contributed by atoms with van der Waals surface area (Å²) in [5.74, 6) is 0.325. The largest absolute Gasteiger partial charge is 0.484 e. The van der Waals surface area contributed by atoms with E-state index < -0.39 is 6.04 Å². The van der Waals surface area contributed by atoms with Crippen molar-refractivity contribution in [3.8, 4) is 5.75 Å². The summed E-state index contributed by atoms with van der Waals surface area (Å²) in [4.78, 5) is 28.1. The van der Waals surface area contributed by atoms with Crippen molar-refractivity contribution in [2.45, 2.75) is 83.8 Å². The van der Waals surface area contributed by atoms with Crippen molar-refractivity contribution < 1.29 is 14.3 Å². The number of carbonyl (C=O) groups is 2. The molecule has 1 saturated carbocycles. The van der Waals surface area contributed by atoms with Crippen LogP contribution in [-0.4, -0.2) is 35.4 Å². The summed E-state index contributed by atoms with van der Waals surface area (Å²) in [6.45, 7) is 8.59. The fourth-order valence-electron chi connectivity index (χ4n) is 4.35. The Balaban J connectivity index is 1.73. The number of halogens is 1. The number of ether oxygens (including phenoxy) is 1. The predicted octanol–water partition coefficient (Wildman–Crippen LogP) is 5.88. The monoisotopic (exact) mass is 484 g/mol. The van der Waals surface area contributed by atoms with E-state index in [0.717, 1.165) is 31.2 Å². The fraction of sp³-hybridized carbons (Fsp3) is 0.500. The molecule has 0 aliphatic heterocycles. The van der Waals surface area contributed by atoms with E-state index >= 15 is 0 Å². The maximum Gasteiger partial charge on any atom is 0.261 e. The van der Waals surface area contributed by atoms with Crippen LogP contribution >= 0.6 is 11.6 Å². The Morgan fingerprint density at radius 3 is 2.24 bits per heavy atom. The summed E-state index contributed by atoms with van der Waals surface area (Å²) in [6.07, 6.45) is 4.80. The van der Waals surface area contributed by atoms with Gasteiger partial charge in [-0.3, -0.25) is 9.59 Å². The number of nitrogens with one attached hydrogen (secondary N) is 1. The molecule has 0 spiro atoms. The first-order valence-electron chi connectivity index (χ1n) is 12.2. The minimum absolute atomic E-state index is 0.0464. The lowest BCUT2D eigenvalue weighted by Crippen LogP contribution is -2.52. The molecule has 1 aliphatic rings. The maximum atomic E-state index is 13.4. The van der Waals surface area contributed by atoms with Crippen LogP contribution in [0.3, 0.4) is 0 Å². The number of benzene rings is 2. The van der Waals surface area contributed by atoms with Crippen LogP contribution in [0, 0.1) is 0 Å². The van der Waals surface area contributed by atoms with Gasteiger partial charge in [-0.2, -0.15) is 0 Å². The molecule has 2 aromatic rings. The van der Waals surface area contributed by atoms with Gasteiger partial charge in [0.1, 0.15) is 11.8 Å². The third kappa shape index (κ3) is 7.23. The van der Waals surface area contributed by atoms with E-state index in [-0.39, 0.29) is 29.9 Å². The molecular formula is C28H37ClN2O3. The minimum Gasteiger partial charge on any atom is -0.484 e. The van der Waals surface area contributed by atoms with Crippen molar-refractivity contribution in [3.05, 3.63) is 64.7 Å².